The summed E-state index contributed by atoms with van der Waals surface area (Å²) in [7, 11) is 0. The van der Waals surface area contributed by atoms with Gasteiger partial charge in [0.25, 0.3) is 0 Å². The number of piperazine rings is 1. The predicted octanol–water partition coefficient (Wildman–Crippen LogP) is 1.92. The molecule has 0 unspecified atom stereocenters. The zero-order valence-corrected chi connectivity index (χ0v) is 19.4. The van der Waals surface area contributed by atoms with Crippen molar-refractivity contribution in [2.24, 2.45) is 5.92 Å². The Morgan fingerprint density at radius 1 is 1.15 bits per heavy atom. The molecule has 0 spiro atoms. The highest BCUT2D eigenvalue weighted by Crippen LogP contribution is 2.39. The van der Waals surface area contributed by atoms with Crippen LogP contribution >= 0.6 is 0 Å². The maximum Gasteiger partial charge on any atom is 0.214 e. The molecule has 2 aromatic heterocycles. The van der Waals surface area contributed by atoms with Crippen molar-refractivity contribution in [3.8, 4) is 5.88 Å². The van der Waals surface area contributed by atoms with Gasteiger partial charge in [-0.3, -0.25) is 5.41 Å². The Labute approximate surface area is 195 Å². The smallest absolute Gasteiger partial charge is 0.214 e. The first-order chi connectivity index (χ1) is 16.0. The molecule has 3 aliphatic rings. The molecule has 4 N–H and O–H groups in total. The molecule has 9 nitrogen and oxygen atoms in total. The van der Waals surface area contributed by atoms with Crippen LogP contribution in [0.4, 0.5) is 11.5 Å². The molecule has 0 atom stereocenters. The summed E-state index contributed by atoms with van der Waals surface area (Å²) >= 11 is 0. The molecule has 2 aliphatic heterocycles. The van der Waals surface area contributed by atoms with Gasteiger partial charge in [0.05, 0.1) is 23.3 Å². The third kappa shape index (κ3) is 5.25. The third-order valence-electron chi connectivity index (χ3n) is 7.06. The molecule has 3 fully saturated rings. The second-order valence-corrected chi connectivity index (χ2v) is 9.78. The average Bonchev–Trinajstić information content (AvgIpc) is 3.57. The largest absolute Gasteiger partial charge is 0.471 e. The number of nitrogens with zero attached hydrogens (tertiary/aromatic N) is 5. The van der Waals surface area contributed by atoms with Crippen LogP contribution in [0.25, 0.3) is 0 Å². The van der Waals surface area contributed by atoms with Gasteiger partial charge in [0, 0.05) is 63.5 Å². The van der Waals surface area contributed by atoms with E-state index >= 15 is 0 Å². The standard InChI is InChI=1S/C24H34N8O/c1-24(4-5-24)33-22-12-18(19(25)14-28-22)23(26)20-13-21(30-16-29-20)32-8-2-17(3-9-32)15-31-10-6-27-7-11-31/h12-14,16-17,26-27H,2-11,15,25H2,1H3. The number of hydrogen-bond acceptors (Lipinski definition) is 9. The molecule has 1 saturated carbocycles. The van der Waals surface area contributed by atoms with E-state index in [0.717, 1.165) is 76.7 Å². The van der Waals surface area contributed by atoms with E-state index in [9.17, 15) is 0 Å². The molecule has 0 amide bonds. The van der Waals surface area contributed by atoms with E-state index in [-0.39, 0.29) is 11.3 Å². The second-order valence-electron chi connectivity index (χ2n) is 9.78. The maximum absolute atomic E-state index is 8.76. The van der Waals surface area contributed by atoms with E-state index < -0.39 is 0 Å². The van der Waals surface area contributed by atoms with Gasteiger partial charge in [-0.15, -0.1) is 0 Å². The fourth-order valence-corrected chi connectivity index (χ4v) is 4.65. The van der Waals surface area contributed by atoms with Crippen LogP contribution in [0, 0.1) is 11.3 Å². The molecule has 0 radical (unpaired) electrons. The van der Waals surface area contributed by atoms with Crippen molar-refractivity contribution >= 4 is 17.2 Å². The van der Waals surface area contributed by atoms with Crippen LogP contribution in [-0.2, 0) is 0 Å². The van der Waals surface area contributed by atoms with Gasteiger partial charge < -0.3 is 25.6 Å². The van der Waals surface area contributed by atoms with Crippen LogP contribution in [0.15, 0.2) is 24.7 Å². The van der Waals surface area contributed by atoms with Crippen LogP contribution in [0.2, 0.25) is 0 Å². The zero-order chi connectivity index (χ0) is 22.8. The SMILES string of the molecule is CC1(Oc2cc(C(=N)c3cc(N4CCC(CN5CCNCC5)CC4)ncn3)c(N)cn2)CC1. The van der Waals surface area contributed by atoms with E-state index in [4.69, 9.17) is 15.9 Å². The van der Waals surface area contributed by atoms with Crippen LogP contribution in [-0.4, -0.2) is 77.0 Å². The molecule has 1 aliphatic carbocycles. The van der Waals surface area contributed by atoms with Crippen LogP contribution in [0.3, 0.4) is 0 Å². The normalized spacial score (nSPS) is 21.1. The van der Waals surface area contributed by atoms with Gasteiger partial charge in [-0.25, -0.2) is 15.0 Å². The summed E-state index contributed by atoms with van der Waals surface area (Å²) in [5.41, 5.74) is 7.88. The highest BCUT2D eigenvalue weighted by molar-refractivity contribution is 6.13. The molecule has 9 heteroatoms. The van der Waals surface area contributed by atoms with Gasteiger partial charge in [-0.2, -0.15) is 0 Å². The Balaban J connectivity index is 1.24. The number of nitrogens with one attached hydrogen (secondary N) is 2. The summed E-state index contributed by atoms with van der Waals surface area (Å²) < 4.78 is 5.97. The van der Waals surface area contributed by atoms with E-state index in [1.165, 1.54) is 6.54 Å². The van der Waals surface area contributed by atoms with Crippen molar-refractivity contribution in [2.75, 3.05) is 56.4 Å². The number of nitrogen functional groups attached to an aromatic ring is 1. The lowest BCUT2D eigenvalue weighted by molar-refractivity contribution is 0.190. The lowest BCUT2D eigenvalue weighted by Gasteiger charge is -2.36. The van der Waals surface area contributed by atoms with Crippen molar-refractivity contribution in [3.63, 3.8) is 0 Å². The van der Waals surface area contributed by atoms with Gasteiger partial charge in [-0.1, -0.05) is 0 Å². The van der Waals surface area contributed by atoms with Gasteiger partial charge in [0.1, 0.15) is 17.7 Å². The summed E-state index contributed by atoms with van der Waals surface area (Å²) in [4.78, 5) is 18.1. The molecule has 4 heterocycles. The average molecular weight is 451 g/mol. The summed E-state index contributed by atoms with van der Waals surface area (Å²) in [6, 6.07) is 3.66. The van der Waals surface area contributed by atoms with E-state index in [2.05, 4.69) is 37.0 Å². The quantitative estimate of drug-likeness (QED) is 0.548. The molecule has 0 aromatic carbocycles. The predicted molar refractivity (Wildman–Crippen MR) is 129 cm³/mol. The minimum Gasteiger partial charge on any atom is -0.471 e. The number of aromatic nitrogens is 3. The molecule has 5 rings (SSSR count). The number of anilines is 2. The van der Waals surface area contributed by atoms with Crippen LogP contribution < -0.4 is 20.7 Å². The summed E-state index contributed by atoms with van der Waals surface area (Å²) in [6.45, 7) is 9.74. The topological polar surface area (TPSA) is 116 Å². The molecule has 2 aromatic rings. The van der Waals surface area contributed by atoms with Gasteiger partial charge in [0.15, 0.2) is 0 Å². The third-order valence-corrected chi connectivity index (χ3v) is 7.06. The van der Waals surface area contributed by atoms with Crippen LogP contribution in [0.1, 0.15) is 43.9 Å². The van der Waals surface area contributed by atoms with Crippen LogP contribution in [0.5, 0.6) is 5.88 Å². The van der Waals surface area contributed by atoms with Crippen molar-refractivity contribution in [2.45, 2.75) is 38.2 Å². The number of pyridine rings is 1. The summed E-state index contributed by atoms with van der Waals surface area (Å²) in [5, 5.41) is 12.2. The Bertz CT molecular complexity index is 994. The molecular formula is C24H34N8O. The van der Waals surface area contributed by atoms with Crippen molar-refractivity contribution in [1.29, 1.82) is 5.41 Å². The molecule has 0 bridgehead atoms. The van der Waals surface area contributed by atoms with Crippen molar-refractivity contribution in [3.05, 3.63) is 35.9 Å². The van der Waals surface area contributed by atoms with Crippen molar-refractivity contribution < 1.29 is 4.74 Å². The summed E-state index contributed by atoms with van der Waals surface area (Å²) in [6.07, 6.45) is 7.48. The second kappa shape index (κ2) is 9.23. The fraction of sp³-hybridized carbons (Fsp3) is 0.583. The van der Waals surface area contributed by atoms with E-state index in [1.54, 1.807) is 18.6 Å². The fourth-order valence-electron chi connectivity index (χ4n) is 4.65. The van der Waals surface area contributed by atoms with E-state index in [0.29, 0.717) is 22.8 Å². The summed E-state index contributed by atoms with van der Waals surface area (Å²) in [5.74, 6) is 2.12. The number of piperidine rings is 1. The van der Waals surface area contributed by atoms with Gasteiger partial charge in [-0.05, 0) is 38.5 Å². The number of ether oxygens (including phenoxy) is 1. The zero-order valence-electron chi connectivity index (χ0n) is 19.4. The Kier molecular flexibility index (Phi) is 6.16. The first kappa shape index (κ1) is 22.0. The molecular weight excluding hydrogens is 416 g/mol. The Hall–Kier alpha value is -2.78. The number of rotatable bonds is 7. The van der Waals surface area contributed by atoms with Gasteiger partial charge >= 0.3 is 0 Å². The highest BCUT2D eigenvalue weighted by atomic mass is 16.5. The number of nitrogens with two attached hydrogens (primary N) is 1. The lowest BCUT2D eigenvalue weighted by atomic mass is 9.96. The van der Waals surface area contributed by atoms with Gasteiger partial charge in [0.2, 0.25) is 5.88 Å². The molecule has 33 heavy (non-hydrogen) atoms. The minimum atomic E-state index is -0.137. The molecule has 2 saturated heterocycles. The van der Waals surface area contributed by atoms with Crippen molar-refractivity contribution in [1.82, 2.24) is 25.2 Å². The maximum atomic E-state index is 8.76. The highest BCUT2D eigenvalue weighted by Gasteiger charge is 2.40. The van der Waals surface area contributed by atoms with E-state index in [1.807, 2.05) is 6.07 Å². The number of hydrogen-bond donors (Lipinski definition) is 3. The first-order valence-corrected chi connectivity index (χ1v) is 12.0. The minimum absolute atomic E-state index is 0.137. The Morgan fingerprint density at radius 3 is 2.64 bits per heavy atom. The lowest BCUT2D eigenvalue weighted by Crippen LogP contribution is -2.47. The Morgan fingerprint density at radius 2 is 1.91 bits per heavy atom. The molecule has 176 valence electrons. The first-order valence-electron chi connectivity index (χ1n) is 12.0. The monoisotopic (exact) mass is 450 g/mol.